The summed E-state index contributed by atoms with van der Waals surface area (Å²) < 4.78 is 0. The van der Waals surface area contributed by atoms with Gasteiger partial charge in [-0.1, -0.05) is 123 Å². The van der Waals surface area contributed by atoms with Crippen LogP contribution in [-0.2, 0) is 18.3 Å². The quantitative estimate of drug-likeness (QED) is 0.320. The molecule has 0 unspecified atom stereocenters. The monoisotopic (exact) mass is 390 g/mol. The molecule has 0 aliphatic heterocycles. The van der Waals surface area contributed by atoms with Crippen molar-refractivity contribution >= 4 is 0 Å². The average molecular weight is 391 g/mol. The maximum absolute atomic E-state index is 2.31. The molecule has 150 valence electrons. The molecule has 0 nitrogen and oxygen atoms in total. The van der Waals surface area contributed by atoms with Crippen LogP contribution in [0.25, 0.3) is 0 Å². The van der Waals surface area contributed by atoms with Gasteiger partial charge in [0.2, 0.25) is 0 Å². The van der Waals surface area contributed by atoms with Crippen LogP contribution in [0.4, 0.5) is 0 Å². The van der Waals surface area contributed by atoms with Gasteiger partial charge in [0.05, 0.1) is 0 Å². The van der Waals surface area contributed by atoms with E-state index in [2.05, 4.69) is 124 Å². The van der Waals surface area contributed by atoms with Crippen LogP contribution in [0.3, 0.4) is 0 Å². The third-order valence-electron chi connectivity index (χ3n) is 6.13. The van der Waals surface area contributed by atoms with E-state index in [-0.39, 0.29) is 5.41 Å². The maximum atomic E-state index is 2.31. The van der Waals surface area contributed by atoms with Gasteiger partial charge in [0, 0.05) is 5.41 Å². The fourth-order valence-electron chi connectivity index (χ4n) is 4.02. The first-order valence-corrected chi connectivity index (χ1v) is 10.8. The molecule has 30 heavy (non-hydrogen) atoms. The lowest BCUT2D eigenvalue weighted by molar-refractivity contribution is 0.640. The molecular weight excluding hydrogens is 360 g/mol. The molecule has 0 heterocycles. The molecule has 0 amide bonds. The summed E-state index contributed by atoms with van der Waals surface area (Å²) in [6.07, 6.45) is 1.96. The Hall–Kier alpha value is -3.12. The Bertz CT molecular complexity index is 1070. The van der Waals surface area contributed by atoms with Crippen LogP contribution in [0.2, 0.25) is 0 Å². The summed E-state index contributed by atoms with van der Waals surface area (Å²) in [5.41, 5.74) is 9.43. The van der Waals surface area contributed by atoms with Gasteiger partial charge >= 0.3 is 0 Å². The minimum Gasteiger partial charge on any atom is -0.0622 e. The zero-order valence-electron chi connectivity index (χ0n) is 18.2. The Kier molecular flexibility index (Phi) is 5.86. The van der Waals surface area contributed by atoms with Gasteiger partial charge in [-0.3, -0.25) is 0 Å². The molecule has 4 aromatic carbocycles. The normalized spacial score (nSPS) is 11.4. The smallest absolute Gasteiger partial charge is 0.0146 e. The van der Waals surface area contributed by atoms with Crippen molar-refractivity contribution in [3.8, 4) is 0 Å². The number of rotatable bonds is 6. The van der Waals surface area contributed by atoms with Crippen molar-refractivity contribution in [1.29, 1.82) is 0 Å². The molecule has 4 rings (SSSR count). The second-order valence-corrected chi connectivity index (χ2v) is 8.84. The number of aryl methyl sites for hydroxylation is 1. The zero-order chi connectivity index (χ0) is 21.0. The standard InChI is InChI=1S/C30H30/c1-23-9-11-25(12-10-23)22-27-15-19-29(20-16-27)30(2,3)28-17-13-26(14-18-28)21-24-7-5-4-6-8-24/h4-20H,21-22H2,1-3H3. The zero-order valence-corrected chi connectivity index (χ0v) is 18.2. The number of benzene rings is 4. The van der Waals surface area contributed by atoms with Crippen molar-refractivity contribution in [2.75, 3.05) is 0 Å². The lowest BCUT2D eigenvalue weighted by Crippen LogP contribution is -2.18. The first kappa shape index (κ1) is 20.2. The molecule has 0 aliphatic rings. The van der Waals surface area contributed by atoms with Crippen molar-refractivity contribution in [2.45, 2.75) is 39.0 Å². The summed E-state index contributed by atoms with van der Waals surface area (Å²) in [7, 11) is 0. The first-order valence-electron chi connectivity index (χ1n) is 10.8. The van der Waals surface area contributed by atoms with Crippen molar-refractivity contribution in [2.24, 2.45) is 0 Å². The fourth-order valence-corrected chi connectivity index (χ4v) is 4.02. The van der Waals surface area contributed by atoms with E-state index in [1.807, 2.05) is 0 Å². The predicted molar refractivity (Wildman–Crippen MR) is 128 cm³/mol. The van der Waals surface area contributed by atoms with Crippen LogP contribution in [-0.4, -0.2) is 0 Å². The largest absolute Gasteiger partial charge is 0.0622 e. The van der Waals surface area contributed by atoms with Crippen LogP contribution in [0, 0.1) is 6.92 Å². The number of hydrogen-bond acceptors (Lipinski definition) is 0. The SMILES string of the molecule is Cc1ccc(Cc2ccc(C(C)(C)c3ccc(Cc4ccccc4)cc3)cc2)cc1. The van der Waals surface area contributed by atoms with Gasteiger partial charge in [0.25, 0.3) is 0 Å². The van der Waals surface area contributed by atoms with Crippen LogP contribution in [0.5, 0.6) is 0 Å². The van der Waals surface area contributed by atoms with Gasteiger partial charge in [0.1, 0.15) is 0 Å². The Balaban J connectivity index is 1.47. The lowest BCUT2D eigenvalue weighted by atomic mass is 9.77. The van der Waals surface area contributed by atoms with Gasteiger partial charge in [-0.25, -0.2) is 0 Å². The van der Waals surface area contributed by atoms with Crippen LogP contribution in [0.15, 0.2) is 103 Å². The van der Waals surface area contributed by atoms with Crippen molar-refractivity contribution in [1.82, 2.24) is 0 Å². The molecule has 0 saturated heterocycles. The van der Waals surface area contributed by atoms with E-state index in [1.165, 1.54) is 38.9 Å². The Morgan fingerprint density at radius 2 is 0.833 bits per heavy atom. The predicted octanol–water partition coefficient (Wildman–Crippen LogP) is 7.50. The third kappa shape index (κ3) is 4.71. The molecule has 0 spiro atoms. The summed E-state index contributed by atoms with van der Waals surface area (Å²) in [5.74, 6) is 0. The van der Waals surface area contributed by atoms with E-state index < -0.39 is 0 Å². The molecule has 0 saturated carbocycles. The second kappa shape index (κ2) is 8.71. The molecule has 4 aromatic rings. The molecule has 0 atom stereocenters. The Labute approximate surface area is 181 Å². The summed E-state index contributed by atoms with van der Waals surface area (Å²) in [6, 6.07) is 37.8. The van der Waals surface area contributed by atoms with Crippen LogP contribution >= 0.6 is 0 Å². The summed E-state index contributed by atoms with van der Waals surface area (Å²) in [5, 5.41) is 0. The van der Waals surface area contributed by atoms with Gasteiger partial charge < -0.3 is 0 Å². The highest BCUT2D eigenvalue weighted by Crippen LogP contribution is 2.32. The minimum absolute atomic E-state index is 0.0202. The summed E-state index contributed by atoms with van der Waals surface area (Å²) >= 11 is 0. The molecule has 0 heteroatoms. The molecule has 0 radical (unpaired) electrons. The van der Waals surface area contributed by atoms with E-state index in [0.717, 1.165) is 12.8 Å². The average Bonchev–Trinajstić information content (AvgIpc) is 2.77. The van der Waals surface area contributed by atoms with Gasteiger partial charge in [-0.2, -0.15) is 0 Å². The summed E-state index contributed by atoms with van der Waals surface area (Å²) in [6.45, 7) is 6.76. The molecule has 0 aliphatic carbocycles. The minimum atomic E-state index is -0.0202. The van der Waals surface area contributed by atoms with E-state index in [9.17, 15) is 0 Å². The fraction of sp³-hybridized carbons (Fsp3) is 0.200. The highest BCUT2D eigenvalue weighted by molar-refractivity contribution is 5.41. The van der Waals surface area contributed by atoms with Crippen molar-refractivity contribution in [3.05, 3.63) is 142 Å². The Morgan fingerprint density at radius 1 is 0.467 bits per heavy atom. The lowest BCUT2D eigenvalue weighted by Gasteiger charge is -2.26. The van der Waals surface area contributed by atoms with Crippen LogP contribution in [0.1, 0.15) is 52.8 Å². The van der Waals surface area contributed by atoms with Gasteiger partial charge in [-0.05, 0) is 53.1 Å². The van der Waals surface area contributed by atoms with E-state index in [1.54, 1.807) is 0 Å². The number of hydrogen-bond donors (Lipinski definition) is 0. The molecule has 0 aromatic heterocycles. The maximum Gasteiger partial charge on any atom is 0.0146 e. The van der Waals surface area contributed by atoms with Gasteiger partial charge in [-0.15, -0.1) is 0 Å². The highest BCUT2D eigenvalue weighted by atomic mass is 14.3. The van der Waals surface area contributed by atoms with E-state index >= 15 is 0 Å². The van der Waals surface area contributed by atoms with E-state index in [4.69, 9.17) is 0 Å². The van der Waals surface area contributed by atoms with Crippen LogP contribution < -0.4 is 0 Å². The second-order valence-electron chi connectivity index (χ2n) is 8.84. The summed E-state index contributed by atoms with van der Waals surface area (Å²) in [4.78, 5) is 0. The molecule has 0 bridgehead atoms. The van der Waals surface area contributed by atoms with Crippen molar-refractivity contribution < 1.29 is 0 Å². The highest BCUT2D eigenvalue weighted by Gasteiger charge is 2.22. The molecule has 0 fully saturated rings. The Morgan fingerprint density at radius 3 is 1.27 bits per heavy atom. The topological polar surface area (TPSA) is 0 Å². The molecule has 0 N–H and O–H groups in total. The third-order valence-corrected chi connectivity index (χ3v) is 6.13. The van der Waals surface area contributed by atoms with Gasteiger partial charge in [0.15, 0.2) is 0 Å². The van der Waals surface area contributed by atoms with E-state index in [0.29, 0.717) is 0 Å². The molecular formula is C30H30. The van der Waals surface area contributed by atoms with Crippen molar-refractivity contribution in [3.63, 3.8) is 0 Å². The first-order chi connectivity index (χ1) is 14.5.